The molecule has 25 heavy (non-hydrogen) atoms. The van der Waals surface area contributed by atoms with Crippen molar-refractivity contribution in [3.05, 3.63) is 47.0 Å². The van der Waals surface area contributed by atoms with Crippen molar-refractivity contribution in [2.45, 2.75) is 75.7 Å². The fourth-order valence-corrected chi connectivity index (χ4v) is 6.40. The van der Waals surface area contributed by atoms with E-state index in [0.717, 1.165) is 0 Å². The van der Waals surface area contributed by atoms with Crippen LogP contribution < -0.4 is 0 Å². The Morgan fingerprint density at radius 2 is 1.84 bits per heavy atom. The molecule has 5 heteroatoms. The summed E-state index contributed by atoms with van der Waals surface area (Å²) in [6, 6.07) is 9.01. The normalized spacial score (nSPS) is 43.9. The summed E-state index contributed by atoms with van der Waals surface area (Å²) in [7, 11) is 0. The molecule has 0 aromatic carbocycles. The third-order valence-electron chi connectivity index (χ3n) is 7.34. The van der Waals surface area contributed by atoms with Crippen LogP contribution in [0.3, 0.4) is 0 Å². The largest absolute Gasteiger partial charge is 0.390 e. The van der Waals surface area contributed by atoms with Crippen LogP contribution in [0.5, 0.6) is 0 Å². The second-order valence-corrected chi connectivity index (χ2v) is 8.38. The quantitative estimate of drug-likeness (QED) is 0.868. The van der Waals surface area contributed by atoms with E-state index in [2.05, 4.69) is 54.2 Å². The molecule has 0 saturated carbocycles. The highest BCUT2D eigenvalue weighted by Crippen LogP contribution is 2.72. The van der Waals surface area contributed by atoms with Crippen LogP contribution in [-0.2, 0) is 15.1 Å². The summed E-state index contributed by atoms with van der Waals surface area (Å²) in [6.07, 6.45) is 0.0682. The molecule has 5 nitrogen and oxygen atoms in total. The van der Waals surface area contributed by atoms with Gasteiger partial charge >= 0.3 is 0 Å². The van der Waals surface area contributed by atoms with Gasteiger partial charge in [-0.1, -0.05) is 0 Å². The summed E-state index contributed by atoms with van der Waals surface area (Å²) in [4.78, 5) is 0. The first-order chi connectivity index (χ1) is 11.9. The molecule has 0 amide bonds. The van der Waals surface area contributed by atoms with Crippen LogP contribution in [0.2, 0.25) is 0 Å². The van der Waals surface area contributed by atoms with Gasteiger partial charge in [-0.2, -0.15) is 0 Å². The number of ether oxygens (including phenoxy) is 2. The molecule has 0 aliphatic carbocycles. The summed E-state index contributed by atoms with van der Waals surface area (Å²) >= 11 is 0. The van der Waals surface area contributed by atoms with Crippen molar-refractivity contribution >= 4 is 0 Å². The van der Waals surface area contributed by atoms with Crippen LogP contribution in [0, 0.1) is 13.8 Å². The van der Waals surface area contributed by atoms with Crippen molar-refractivity contribution in [2.75, 3.05) is 0 Å². The van der Waals surface area contributed by atoms with Crippen molar-refractivity contribution in [3.63, 3.8) is 0 Å². The minimum atomic E-state index is -0.689. The summed E-state index contributed by atoms with van der Waals surface area (Å²) in [6.45, 7) is 8.40. The maximum atomic E-state index is 10.9. The van der Waals surface area contributed by atoms with Crippen molar-refractivity contribution < 1.29 is 14.6 Å². The smallest absolute Gasteiger partial charge is 0.163 e. The molecule has 1 spiro atoms. The SMILES string of the molecule is Cc1ccc2n1[C@H](C)[C@H]1O[C@]3([C@H](C)O)C[C@H]4O[C@@]23[C@@H]1n1c(C)ccc14. The highest BCUT2D eigenvalue weighted by Gasteiger charge is 2.79. The Labute approximate surface area is 147 Å². The molecule has 0 unspecified atom stereocenters. The zero-order valence-corrected chi connectivity index (χ0v) is 15.1. The van der Waals surface area contributed by atoms with Gasteiger partial charge in [-0.05, 0) is 52.0 Å². The number of aryl methyl sites for hydroxylation is 2. The molecular formula is C20H24N2O3. The first kappa shape index (κ1) is 14.6. The first-order valence-corrected chi connectivity index (χ1v) is 9.32. The molecule has 4 aliphatic rings. The van der Waals surface area contributed by atoms with Crippen LogP contribution in [0.1, 0.15) is 61.2 Å². The van der Waals surface area contributed by atoms with Gasteiger partial charge in [0, 0.05) is 23.5 Å². The Balaban J connectivity index is 1.75. The summed E-state index contributed by atoms with van der Waals surface area (Å²) in [5, 5.41) is 10.9. The van der Waals surface area contributed by atoms with E-state index in [0.29, 0.717) is 6.42 Å². The van der Waals surface area contributed by atoms with Gasteiger partial charge in [0.15, 0.2) is 5.60 Å². The first-order valence-electron chi connectivity index (χ1n) is 9.32. The number of nitrogens with zero attached hydrogens (tertiary/aromatic N) is 2. The molecular weight excluding hydrogens is 316 g/mol. The zero-order chi connectivity index (χ0) is 17.3. The Kier molecular flexibility index (Phi) is 2.37. The predicted molar refractivity (Wildman–Crippen MR) is 91.5 cm³/mol. The van der Waals surface area contributed by atoms with Gasteiger partial charge in [0.25, 0.3) is 0 Å². The van der Waals surface area contributed by atoms with E-state index in [-0.39, 0.29) is 24.3 Å². The number of aromatic nitrogens is 2. The molecule has 132 valence electrons. The molecule has 2 aromatic rings. The molecule has 2 saturated heterocycles. The van der Waals surface area contributed by atoms with Crippen LogP contribution in [0.15, 0.2) is 24.3 Å². The van der Waals surface area contributed by atoms with E-state index in [1.807, 2.05) is 6.92 Å². The third-order valence-corrected chi connectivity index (χ3v) is 7.34. The van der Waals surface area contributed by atoms with E-state index < -0.39 is 17.3 Å². The van der Waals surface area contributed by atoms with Gasteiger partial charge < -0.3 is 23.7 Å². The second kappa shape index (κ2) is 4.05. The lowest BCUT2D eigenvalue weighted by molar-refractivity contribution is -0.167. The van der Waals surface area contributed by atoms with E-state index in [1.54, 1.807) is 0 Å². The average Bonchev–Trinajstić information content (AvgIpc) is 3.23. The average molecular weight is 340 g/mol. The molecule has 6 heterocycles. The fourth-order valence-electron chi connectivity index (χ4n) is 6.40. The van der Waals surface area contributed by atoms with Crippen LogP contribution in [-0.4, -0.2) is 32.0 Å². The number of fused-ring (bicyclic) bond motifs is 4. The summed E-state index contributed by atoms with van der Waals surface area (Å²) < 4.78 is 18.4. The lowest BCUT2D eigenvalue weighted by Crippen LogP contribution is -2.57. The van der Waals surface area contributed by atoms with Crippen LogP contribution in [0.4, 0.5) is 0 Å². The Hall–Kier alpha value is -1.56. The van der Waals surface area contributed by atoms with E-state index in [4.69, 9.17) is 9.47 Å². The molecule has 1 N–H and O–H groups in total. The molecule has 4 aliphatic heterocycles. The lowest BCUT2D eigenvalue weighted by atomic mass is 9.71. The van der Waals surface area contributed by atoms with Crippen molar-refractivity contribution in [3.8, 4) is 0 Å². The fraction of sp³-hybridized carbons (Fsp3) is 0.600. The number of aliphatic hydroxyl groups excluding tert-OH is 1. The van der Waals surface area contributed by atoms with Crippen molar-refractivity contribution in [2.24, 2.45) is 0 Å². The van der Waals surface area contributed by atoms with E-state index in [9.17, 15) is 5.11 Å². The Bertz CT molecular complexity index is 912. The lowest BCUT2D eigenvalue weighted by Gasteiger charge is -2.48. The maximum Gasteiger partial charge on any atom is 0.163 e. The van der Waals surface area contributed by atoms with Gasteiger partial charge in [0.2, 0.25) is 0 Å². The van der Waals surface area contributed by atoms with Gasteiger partial charge in [0.05, 0.1) is 23.9 Å². The highest BCUT2D eigenvalue weighted by molar-refractivity contribution is 5.43. The standard InChI is InChI=1S/C20H24N2O3/c1-10-6-8-16-20-18-17(12(3)21(10)16)25-19(20,13(4)23)9-15(24-20)14-7-5-11(2)22(14)18/h5-8,12-13,15,17-18,23H,9H2,1-4H3/t12-,13+,15-,17-,18-,19+,20-/m1/s1. The Morgan fingerprint density at radius 3 is 2.60 bits per heavy atom. The van der Waals surface area contributed by atoms with Crippen LogP contribution >= 0.6 is 0 Å². The van der Waals surface area contributed by atoms with Gasteiger partial charge in [-0.25, -0.2) is 0 Å². The predicted octanol–water partition coefficient (Wildman–Crippen LogP) is 2.91. The van der Waals surface area contributed by atoms with E-state index >= 15 is 0 Å². The molecule has 7 atom stereocenters. The minimum absolute atomic E-state index is 0.0145. The highest BCUT2D eigenvalue weighted by atomic mass is 16.6. The van der Waals surface area contributed by atoms with Gasteiger partial charge in [-0.15, -0.1) is 0 Å². The maximum absolute atomic E-state index is 10.9. The minimum Gasteiger partial charge on any atom is -0.390 e. The summed E-state index contributed by atoms with van der Waals surface area (Å²) in [5.74, 6) is 0. The molecule has 6 rings (SSSR count). The number of hydrogen-bond acceptors (Lipinski definition) is 3. The molecule has 0 radical (unpaired) electrons. The molecule has 3 bridgehead atoms. The van der Waals surface area contributed by atoms with Gasteiger partial charge in [0.1, 0.15) is 17.8 Å². The zero-order valence-electron chi connectivity index (χ0n) is 15.1. The van der Waals surface area contributed by atoms with Crippen LogP contribution in [0.25, 0.3) is 0 Å². The monoisotopic (exact) mass is 340 g/mol. The Morgan fingerprint density at radius 1 is 1.12 bits per heavy atom. The number of hydrogen-bond donors (Lipinski definition) is 1. The molecule has 2 fully saturated rings. The molecule has 2 aromatic heterocycles. The van der Waals surface area contributed by atoms with Crippen molar-refractivity contribution in [1.82, 2.24) is 9.13 Å². The third kappa shape index (κ3) is 1.25. The van der Waals surface area contributed by atoms with Crippen molar-refractivity contribution in [1.29, 1.82) is 0 Å². The second-order valence-electron chi connectivity index (χ2n) is 8.38. The number of aliphatic hydroxyl groups is 1. The topological polar surface area (TPSA) is 48.6 Å². The van der Waals surface area contributed by atoms with E-state index in [1.165, 1.54) is 22.8 Å². The van der Waals surface area contributed by atoms with Gasteiger partial charge in [-0.3, -0.25) is 0 Å². The summed E-state index contributed by atoms with van der Waals surface area (Å²) in [5.41, 5.74) is 3.57. The number of rotatable bonds is 1.